The van der Waals surface area contributed by atoms with Gasteiger partial charge in [0.05, 0.1) is 33.9 Å². The Labute approximate surface area is 165 Å². The molecule has 0 saturated carbocycles. The van der Waals surface area contributed by atoms with Gasteiger partial charge in [0.15, 0.2) is 5.82 Å². The second-order valence-corrected chi connectivity index (χ2v) is 8.55. The fourth-order valence-electron chi connectivity index (χ4n) is 4.08. The van der Waals surface area contributed by atoms with Crippen LogP contribution in [0.2, 0.25) is 0 Å². The van der Waals surface area contributed by atoms with Crippen molar-refractivity contribution in [3.05, 3.63) is 54.1 Å². The van der Waals surface area contributed by atoms with E-state index in [2.05, 4.69) is 38.7 Å². The van der Waals surface area contributed by atoms with E-state index in [0.29, 0.717) is 18.7 Å². The van der Waals surface area contributed by atoms with Gasteiger partial charge in [-0.3, -0.25) is 0 Å². The largest absolute Gasteiger partial charge is 0.366 e. The summed E-state index contributed by atoms with van der Waals surface area (Å²) in [5, 5.41) is 9.32. The highest BCUT2D eigenvalue weighted by molar-refractivity contribution is 5.84. The molecule has 1 aliphatic heterocycles. The van der Waals surface area contributed by atoms with Crippen LogP contribution in [0.25, 0.3) is 22.3 Å². The van der Waals surface area contributed by atoms with Crippen molar-refractivity contribution in [2.45, 2.75) is 38.9 Å². The van der Waals surface area contributed by atoms with E-state index < -0.39 is 0 Å². The summed E-state index contributed by atoms with van der Waals surface area (Å²) >= 11 is 0. The Morgan fingerprint density at radius 3 is 2.21 bits per heavy atom. The summed E-state index contributed by atoms with van der Waals surface area (Å²) < 4.78 is 6.25. The van der Waals surface area contributed by atoms with E-state index in [9.17, 15) is 5.26 Å². The van der Waals surface area contributed by atoms with Gasteiger partial charge in [-0.05, 0) is 52.0 Å². The number of morpholine rings is 1. The van der Waals surface area contributed by atoms with Crippen LogP contribution in [0, 0.1) is 11.3 Å². The number of fused-ring (bicyclic) bond motifs is 1. The average molecular weight is 372 g/mol. The van der Waals surface area contributed by atoms with Crippen molar-refractivity contribution in [3.63, 3.8) is 0 Å². The van der Waals surface area contributed by atoms with Crippen molar-refractivity contribution in [1.82, 2.24) is 9.97 Å². The van der Waals surface area contributed by atoms with Crippen LogP contribution in [-0.4, -0.2) is 34.3 Å². The van der Waals surface area contributed by atoms with E-state index in [1.807, 2.05) is 42.5 Å². The SMILES string of the molecule is CC1(C)CN(c2nc3ccccc3nc2-c2cccc(C#N)c2)CC(C)(C)O1. The molecule has 0 unspecified atom stereocenters. The monoisotopic (exact) mass is 372 g/mol. The number of hydrogen-bond acceptors (Lipinski definition) is 5. The molecule has 2 heterocycles. The molecule has 0 atom stereocenters. The van der Waals surface area contributed by atoms with Crippen LogP contribution in [0.4, 0.5) is 5.82 Å². The van der Waals surface area contributed by atoms with E-state index >= 15 is 0 Å². The Hall–Kier alpha value is -2.97. The maximum atomic E-state index is 9.32. The number of anilines is 1. The minimum atomic E-state index is -0.305. The van der Waals surface area contributed by atoms with Gasteiger partial charge in [0.2, 0.25) is 0 Å². The summed E-state index contributed by atoms with van der Waals surface area (Å²) in [5.41, 5.74) is 3.40. The highest BCUT2D eigenvalue weighted by Gasteiger charge is 2.39. The van der Waals surface area contributed by atoms with Gasteiger partial charge < -0.3 is 9.64 Å². The highest BCUT2D eigenvalue weighted by atomic mass is 16.5. The molecule has 4 rings (SSSR count). The molecular weight excluding hydrogens is 348 g/mol. The molecule has 1 saturated heterocycles. The molecule has 0 N–H and O–H groups in total. The second kappa shape index (κ2) is 6.57. The van der Waals surface area contributed by atoms with E-state index in [4.69, 9.17) is 14.7 Å². The van der Waals surface area contributed by atoms with Crippen molar-refractivity contribution in [1.29, 1.82) is 5.26 Å². The van der Waals surface area contributed by atoms with Crippen LogP contribution in [0.3, 0.4) is 0 Å². The first-order valence-corrected chi connectivity index (χ1v) is 9.49. The summed E-state index contributed by atoms with van der Waals surface area (Å²) in [4.78, 5) is 12.2. The molecule has 0 aliphatic carbocycles. The molecule has 3 aromatic rings. The molecule has 0 bridgehead atoms. The van der Waals surface area contributed by atoms with Crippen molar-refractivity contribution < 1.29 is 4.74 Å². The van der Waals surface area contributed by atoms with Gasteiger partial charge >= 0.3 is 0 Å². The van der Waals surface area contributed by atoms with E-state index in [1.165, 1.54) is 0 Å². The van der Waals surface area contributed by atoms with Gasteiger partial charge in [-0.2, -0.15) is 5.26 Å². The molecular formula is C23H24N4O. The summed E-state index contributed by atoms with van der Waals surface area (Å²) in [6.45, 7) is 9.84. The lowest BCUT2D eigenvalue weighted by molar-refractivity contribution is -0.133. The normalized spacial score (nSPS) is 18.0. The molecule has 0 amide bonds. The molecule has 142 valence electrons. The first-order chi connectivity index (χ1) is 13.3. The van der Waals surface area contributed by atoms with Crippen molar-refractivity contribution in [2.24, 2.45) is 0 Å². The summed E-state index contributed by atoms with van der Waals surface area (Å²) in [6.07, 6.45) is 0. The number of ether oxygens (including phenoxy) is 1. The molecule has 1 aliphatic rings. The van der Waals surface area contributed by atoms with E-state index in [0.717, 1.165) is 28.1 Å². The Kier molecular flexibility index (Phi) is 4.32. The summed E-state index contributed by atoms with van der Waals surface area (Å²) in [6, 6.07) is 17.7. The molecule has 2 aromatic carbocycles. The van der Waals surface area contributed by atoms with Crippen LogP contribution in [0.5, 0.6) is 0 Å². The first kappa shape index (κ1) is 18.4. The number of hydrogen-bond donors (Lipinski definition) is 0. The Morgan fingerprint density at radius 2 is 1.57 bits per heavy atom. The lowest BCUT2D eigenvalue weighted by Crippen LogP contribution is -2.57. The van der Waals surface area contributed by atoms with Crippen molar-refractivity contribution in [3.8, 4) is 17.3 Å². The van der Waals surface area contributed by atoms with E-state index in [1.54, 1.807) is 6.07 Å². The first-order valence-electron chi connectivity index (χ1n) is 9.49. The zero-order valence-electron chi connectivity index (χ0n) is 16.7. The Bertz CT molecular complexity index is 1070. The lowest BCUT2D eigenvalue weighted by atomic mass is 9.98. The number of benzene rings is 2. The number of rotatable bonds is 2. The maximum absolute atomic E-state index is 9.32. The van der Waals surface area contributed by atoms with Crippen molar-refractivity contribution in [2.75, 3.05) is 18.0 Å². The van der Waals surface area contributed by atoms with Crippen LogP contribution in [-0.2, 0) is 4.74 Å². The minimum absolute atomic E-state index is 0.305. The third-order valence-corrected chi connectivity index (χ3v) is 4.81. The highest BCUT2D eigenvalue weighted by Crippen LogP contribution is 2.36. The van der Waals surface area contributed by atoms with Gasteiger partial charge in [-0.25, -0.2) is 9.97 Å². The number of nitrogens with zero attached hydrogens (tertiary/aromatic N) is 4. The van der Waals surface area contributed by atoms with Crippen LogP contribution in [0.15, 0.2) is 48.5 Å². The maximum Gasteiger partial charge on any atom is 0.156 e. The predicted octanol–water partition coefficient (Wildman–Crippen LogP) is 4.56. The number of aromatic nitrogens is 2. The van der Waals surface area contributed by atoms with Gasteiger partial charge in [-0.15, -0.1) is 0 Å². The average Bonchev–Trinajstić information content (AvgIpc) is 2.64. The summed E-state index contributed by atoms with van der Waals surface area (Å²) in [5.74, 6) is 0.832. The molecule has 1 fully saturated rings. The fourth-order valence-corrected chi connectivity index (χ4v) is 4.08. The van der Waals surface area contributed by atoms with Gasteiger partial charge in [0.25, 0.3) is 0 Å². The second-order valence-electron chi connectivity index (χ2n) is 8.55. The molecule has 5 nitrogen and oxygen atoms in total. The van der Waals surface area contributed by atoms with E-state index in [-0.39, 0.29) is 11.2 Å². The topological polar surface area (TPSA) is 62.0 Å². The van der Waals surface area contributed by atoms with Gasteiger partial charge in [0.1, 0.15) is 5.69 Å². The molecule has 28 heavy (non-hydrogen) atoms. The predicted molar refractivity (Wildman–Crippen MR) is 111 cm³/mol. The van der Waals surface area contributed by atoms with Crippen LogP contribution >= 0.6 is 0 Å². The van der Waals surface area contributed by atoms with Crippen LogP contribution < -0.4 is 4.90 Å². The van der Waals surface area contributed by atoms with Crippen molar-refractivity contribution >= 4 is 16.9 Å². The minimum Gasteiger partial charge on any atom is -0.366 e. The zero-order chi connectivity index (χ0) is 19.9. The third kappa shape index (κ3) is 3.56. The molecule has 1 aromatic heterocycles. The molecule has 0 spiro atoms. The smallest absolute Gasteiger partial charge is 0.156 e. The third-order valence-electron chi connectivity index (χ3n) is 4.81. The standard InChI is InChI=1S/C23H24N4O/c1-22(2)14-27(15-23(3,4)28-22)21-20(17-9-7-8-16(12-17)13-24)25-18-10-5-6-11-19(18)26-21/h5-12H,14-15H2,1-4H3. The number of nitriles is 1. The Balaban J connectivity index is 1.92. The Morgan fingerprint density at radius 1 is 0.929 bits per heavy atom. The fraction of sp³-hybridized carbons (Fsp3) is 0.348. The van der Waals surface area contributed by atoms with Gasteiger partial charge in [-0.1, -0.05) is 24.3 Å². The quantitative estimate of drug-likeness (QED) is 0.660. The molecule has 5 heteroatoms. The summed E-state index contributed by atoms with van der Waals surface area (Å²) in [7, 11) is 0. The zero-order valence-corrected chi connectivity index (χ0v) is 16.7. The van der Waals surface area contributed by atoms with Crippen LogP contribution in [0.1, 0.15) is 33.3 Å². The number of para-hydroxylation sites is 2. The molecule has 0 radical (unpaired) electrons. The van der Waals surface area contributed by atoms with Gasteiger partial charge in [0, 0.05) is 18.7 Å². The lowest BCUT2D eigenvalue weighted by Gasteiger charge is -2.47.